The first kappa shape index (κ1) is 15.3. The summed E-state index contributed by atoms with van der Waals surface area (Å²) in [6, 6.07) is 7.59. The number of aromatic hydroxyl groups is 1. The molecule has 0 amide bonds. The van der Waals surface area contributed by atoms with Crippen molar-refractivity contribution >= 4 is 45.9 Å². The molecule has 3 aromatic rings. The number of H-pyrrole nitrogens is 2. The van der Waals surface area contributed by atoms with E-state index in [0.29, 0.717) is 10.6 Å². The number of nitrogens with zero attached hydrogens (tertiary/aromatic N) is 1. The third-order valence-electron chi connectivity index (χ3n) is 3.20. The molecule has 0 unspecified atom stereocenters. The number of rotatable bonds is 2. The lowest BCUT2D eigenvalue weighted by Gasteiger charge is -2.03. The van der Waals surface area contributed by atoms with Gasteiger partial charge in [0, 0.05) is 16.8 Å². The van der Waals surface area contributed by atoms with Crippen LogP contribution in [0.2, 0.25) is 10.0 Å². The third-order valence-corrected chi connectivity index (χ3v) is 3.71. The average molecular weight is 350 g/mol. The molecular formula is C15H9Cl2N3O3. The summed E-state index contributed by atoms with van der Waals surface area (Å²) in [7, 11) is 0. The average Bonchev–Trinajstić information content (AvgIpc) is 2.53. The van der Waals surface area contributed by atoms with Gasteiger partial charge in [0.1, 0.15) is 5.75 Å². The zero-order chi connectivity index (χ0) is 16.6. The van der Waals surface area contributed by atoms with Crippen LogP contribution in [0.3, 0.4) is 0 Å². The Morgan fingerprint density at radius 2 is 1.83 bits per heavy atom. The number of fused-ring (bicyclic) bond motifs is 1. The lowest BCUT2D eigenvalue weighted by Crippen LogP contribution is -2.18. The van der Waals surface area contributed by atoms with E-state index in [0.717, 1.165) is 0 Å². The number of benzene rings is 2. The molecule has 1 aromatic heterocycles. The van der Waals surface area contributed by atoms with Gasteiger partial charge in [-0.3, -0.25) is 24.8 Å². The van der Waals surface area contributed by atoms with Gasteiger partial charge in [0.2, 0.25) is 0 Å². The lowest BCUT2D eigenvalue weighted by atomic mass is 10.1. The van der Waals surface area contributed by atoms with Crippen LogP contribution in [0.15, 0.2) is 44.9 Å². The summed E-state index contributed by atoms with van der Waals surface area (Å²) >= 11 is 11.7. The van der Waals surface area contributed by atoms with Crippen LogP contribution in [-0.4, -0.2) is 21.5 Å². The highest BCUT2D eigenvalue weighted by Gasteiger charge is 2.09. The van der Waals surface area contributed by atoms with Crippen molar-refractivity contribution in [3.05, 3.63) is 66.6 Å². The Morgan fingerprint density at radius 3 is 2.61 bits per heavy atom. The first-order chi connectivity index (χ1) is 11.0. The van der Waals surface area contributed by atoms with Gasteiger partial charge in [-0.25, -0.2) is 0 Å². The molecule has 0 aliphatic heterocycles. The Morgan fingerprint density at radius 1 is 1.09 bits per heavy atom. The Hall–Kier alpha value is -2.57. The second-order valence-corrected chi connectivity index (χ2v) is 5.54. The van der Waals surface area contributed by atoms with E-state index >= 15 is 0 Å². The smallest absolute Gasteiger partial charge is 0.272 e. The molecule has 0 bridgehead atoms. The van der Waals surface area contributed by atoms with Gasteiger partial charge in [0.15, 0.2) is 0 Å². The predicted molar refractivity (Wildman–Crippen MR) is 90.6 cm³/mol. The summed E-state index contributed by atoms with van der Waals surface area (Å²) in [4.78, 5) is 27.9. The highest BCUT2D eigenvalue weighted by molar-refractivity contribution is 6.36. The summed E-state index contributed by atoms with van der Waals surface area (Å²) < 4.78 is 0. The fourth-order valence-electron chi connectivity index (χ4n) is 2.14. The van der Waals surface area contributed by atoms with Gasteiger partial charge in [0.25, 0.3) is 11.1 Å². The van der Waals surface area contributed by atoms with Crippen LogP contribution >= 0.6 is 23.2 Å². The van der Waals surface area contributed by atoms with Crippen LogP contribution in [-0.2, 0) is 0 Å². The largest absolute Gasteiger partial charge is 0.506 e. The molecule has 1 heterocycles. The molecule has 3 N–H and O–H groups in total. The molecule has 0 spiro atoms. The quantitative estimate of drug-likeness (QED) is 0.620. The Bertz CT molecular complexity index is 1050. The molecule has 0 radical (unpaired) electrons. The molecule has 116 valence electrons. The van der Waals surface area contributed by atoms with E-state index in [-0.39, 0.29) is 27.2 Å². The van der Waals surface area contributed by atoms with Crippen molar-refractivity contribution in [1.29, 1.82) is 0 Å². The van der Waals surface area contributed by atoms with Crippen molar-refractivity contribution in [1.82, 2.24) is 10.2 Å². The maximum atomic E-state index is 11.9. The minimum Gasteiger partial charge on any atom is -0.506 e. The molecular weight excluding hydrogens is 341 g/mol. The van der Waals surface area contributed by atoms with Gasteiger partial charge in [-0.1, -0.05) is 29.3 Å². The highest BCUT2D eigenvalue weighted by atomic mass is 35.5. The Balaban J connectivity index is 2.18. The Kier molecular flexibility index (Phi) is 3.94. The number of phenolic OH excluding ortho intramolecular Hbond substituents is 1. The van der Waals surface area contributed by atoms with E-state index < -0.39 is 11.1 Å². The summed E-state index contributed by atoms with van der Waals surface area (Å²) in [6.45, 7) is 0. The molecule has 2 aromatic carbocycles. The molecule has 0 atom stereocenters. The standard InChI is InChI=1S/C15H9Cl2N3O3/c16-8-4-7(13(21)10(17)5-8)6-18-11-3-1-2-9-12(11)15(23)20-19-14(9)22/h1-6,21H,(H,19,22)(H,20,23). The van der Waals surface area contributed by atoms with Gasteiger partial charge >= 0.3 is 0 Å². The fraction of sp³-hybridized carbons (Fsp3) is 0. The zero-order valence-electron chi connectivity index (χ0n) is 11.4. The van der Waals surface area contributed by atoms with Gasteiger partial charge in [-0.15, -0.1) is 0 Å². The van der Waals surface area contributed by atoms with Crippen LogP contribution in [0.25, 0.3) is 10.8 Å². The molecule has 3 rings (SSSR count). The number of aromatic amines is 2. The Labute approximate surface area is 139 Å². The molecule has 6 nitrogen and oxygen atoms in total. The van der Waals surface area contributed by atoms with Crippen LogP contribution in [0.4, 0.5) is 5.69 Å². The molecule has 0 aliphatic rings. The maximum Gasteiger partial charge on any atom is 0.272 e. The molecule has 8 heteroatoms. The minimum absolute atomic E-state index is 0.0890. The van der Waals surface area contributed by atoms with Gasteiger partial charge in [-0.2, -0.15) is 0 Å². The van der Waals surface area contributed by atoms with E-state index in [4.69, 9.17) is 23.2 Å². The monoisotopic (exact) mass is 349 g/mol. The number of hydrogen-bond acceptors (Lipinski definition) is 4. The molecule has 0 aliphatic carbocycles. The van der Waals surface area contributed by atoms with Gasteiger partial charge < -0.3 is 5.11 Å². The van der Waals surface area contributed by atoms with Crippen molar-refractivity contribution in [3.8, 4) is 5.75 Å². The van der Waals surface area contributed by atoms with Crippen molar-refractivity contribution in [2.75, 3.05) is 0 Å². The second kappa shape index (κ2) is 5.91. The van der Waals surface area contributed by atoms with Crippen LogP contribution < -0.4 is 11.1 Å². The summed E-state index contributed by atoms with van der Waals surface area (Å²) in [5.74, 6) is -0.174. The van der Waals surface area contributed by atoms with E-state index in [1.54, 1.807) is 12.1 Å². The number of halogens is 2. The number of nitrogens with one attached hydrogen (secondary N) is 2. The third kappa shape index (κ3) is 2.86. The maximum absolute atomic E-state index is 11.9. The second-order valence-electron chi connectivity index (χ2n) is 4.69. The predicted octanol–water partition coefficient (Wildman–Crippen LogP) is 2.98. The van der Waals surface area contributed by atoms with E-state index in [2.05, 4.69) is 15.2 Å². The summed E-state index contributed by atoms with van der Waals surface area (Å²) in [5, 5.41) is 15.2. The van der Waals surface area contributed by atoms with E-state index in [1.165, 1.54) is 24.4 Å². The highest BCUT2D eigenvalue weighted by Crippen LogP contribution is 2.30. The molecule has 0 saturated carbocycles. The summed E-state index contributed by atoms with van der Waals surface area (Å²) in [5.41, 5.74) is -0.322. The van der Waals surface area contributed by atoms with Gasteiger partial charge in [0.05, 0.1) is 21.5 Å². The van der Waals surface area contributed by atoms with Crippen molar-refractivity contribution in [2.24, 2.45) is 4.99 Å². The first-order valence-electron chi connectivity index (χ1n) is 6.43. The van der Waals surface area contributed by atoms with Crippen molar-refractivity contribution in [2.45, 2.75) is 0 Å². The van der Waals surface area contributed by atoms with Crippen LogP contribution in [0.1, 0.15) is 5.56 Å². The number of phenols is 1. The van der Waals surface area contributed by atoms with Crippen molar-refractivity contribution < 1.29 is 5.11 Å². The SMILES string of the molecule is O=c1[nH][nH]c(=O)c2c(N=Cc3cc(Cl)cc(Cl)c3O)cccc12. The number of hydrogen-bond donors (Lipinski definition) is 3. The minimum atomic E-state index is -0.472. The number of aromatic nitrogens is 2. The van der Waals surface area contributed by atoms with E-state index in [1.807, 2.05) is 0 Å². The van der Waals surface area contributed by atoms with E-state index in [9.17, 15) is 14.7 Å². The topological polar surface area (TPSA) is 98.3 Å². The molecule has 0 saturated heterocycles. The zero-order valence-corrected chi connectivity index (χ0v) is 12.9. The lowest BCUT2D eigenvalue weighted by molar-refractivity contribution is 0.475. The van der Waals surface area contributed by atoms with Crippen LogP contribution in [0, 0.1) is 0 Å². The fourth-order valence-corrected chi connectivity index (χ4v) is 2.65. The first-order valence-corrected chi connectivity index (χ1v) is 7.18. The van der Waals surface area contributed by atoms with Crippen molar-refractivity contribution in [3.63, 3.8) is 0 Å². The molecule has 23 heavy (non-hydrogen) atoms. The normalized spacial score (nSPS) is 11.4. The van der Waals surface area contributed by atoms with Gasteiger partial charge in [-0.05, 0) is 24.3 Å². The number of aliphatic imine (C=N–C) groups is 1. The summed E-state index contributed by atoms with van der Waals surface area (Å²) in [6.07, 6.45) is 1.32. The molecule has 0 fully saturated rings. The van der Waals surface area contributed by atoms with Crippen LogP contribution in [0.5, 0.6) is 5.75 Å².